The Labute approximate surface area is 132 Å². The topological polar surface area (TPSA) is 49.7 Å². The van der Waals surface area contributed by atoms with Gasteiger partial charge >= 0.3 is 0 Å². The third-order valence-electron chi connectivity index (χ3n) is 4.07. The van der Waals surface area contributed by atoms with Crippen LogP contribution in [-0.2, 0) is 4.74 Å². The molecule has 0 aromatic carbocycles. The largest absolute Gasteiger partial charge is 0.393 e. The fourth-order valence-corrected chi connectivity index (χ4v) is 2.60. The lowest BCUT2D eigenvalue weighted by Gasteiger charge is -2.25. The summed E-state index contributed by atoms with van der Waals surface area (Å²) in [4.78, 5) is 0. The first kappa shape index (κ1) is 20.9. The van der Waals surface area contributed by atoms with Crippen molar-refractivity contribution >= 4 is 0 Å². The molecule has 0 aliphatic heterocycles. The van der Waals surface area contributed by atoms with Crippen LogP contribution in [0.1, 0.15) is 90.9 Å². The van der Waals surface area contributed by atoms with Crippen molar-refractivity contribution in [2.24, 2.45) is 0 Å². The fourth-order valence-electron chi connectivity index (χ4n) is 2.60. The Morgan fingerprint density at radius 3 is 1.86 bits per heavy atom. The average Bonchev–Trinajstić information content (AvgIpc) is 2.49. The van der Waals surface area contributed by atoms with E-state index in [2.05, 4.69) is 13.8 Å². The molecule has 0 aliphatic rings. The zero-order chi connectivity index (χ0) is 15.8. The molecule has 0 aliphatic carbocycles. The Kier molecular flexibility index (Phi) is 14.7. The molecule has 0 saturated heterocycles. The minimum Gasteiger partial charge on any atom is -0.393 e. The van der Waals surface area contributed by atoms with E-state index in [0.29, 0.717) is 0 Å². The van der Waals surface area contributed by atoms with E-state index in [0.717, 1.165) is 71.0 Å². The standard InChI is InChI=1S/C18H38O3/c1-3-5-10-13-18(20,17-19)14-11-8-6-7-9-12-16-21-15-4-2/h19-20H,3-17H2,1-2H3. The second-order valence-corrected chi connectivity index (χ2v) is 6.32. The molecule has 128 valence electrons. The maximum atomic E-state index is 10.3. The number of ether oxygens (including phenoxy) is 1. The van der Waals surface area contributed by atoms with Crippen molar-refractivity contribution in [1.82, 2.24) is 0 Å². The molecule has 21 heavy (non-hydrogen) atoms. The van der Waals surface area contributed by atoms with Crippen LogP contribution in [0.25, 0.3) is 0 Å². The molecule has 1 unspecified atom stereocenters. The summed E-state index contributed by atoms with van der Waals surface area (Å²) < 4.78 is 5.46. The second-order valence-electron chi connectivity index (χ2n) is 6.32. The molecule has 0 aromatic rings. The minimum absolute atomic E-state index is 0.0918. The van der Waals surface area contributed by atoms with E-state index in [4.69, 9.17) is 4.74 Å². The van der Waals surface area contributed by atoms with Gasteiger partial charge in [0.25, 0.3) is 0 Å². The molecule has 2 N–H and O–H groups in total. The van der Waals surface area contributed by atoms with Gasteiger partial charge < -0.3 is 14.9 Å². The quantitative estimate of drug-likeness (QED) is 0.414. The lowest BCUT2D eigenvalue weighted by molar-refractivity contribution is -0.0314. The molecule has 0 bridgehead atoms. The first-order chi connectivity index (χ1) is 10.2. The van der Waals surface area contributed by atoms with Crippen molar-refractivity contribution in [3.05, 3.63) is 0 Å². The van der Waals surface area contributed by atoms with E-state index < -0.39 is 5.60 Å². The molecule has 0 heterocycles. The highest BCUT2D eigenvalue weighted by Crippen LogP contribution is 2.22. The Hall–Kier alpha value is -0.120. The lowest BCUT2D eigenvalue weighted by Crippen LogP contribution is -2.33. The van der Waals surface area contributed by atoms with Crippen molar-refractivity contribution in [3.8, 4) is 0 Å². The van der Waals surface area contributed by atoms with Gasteiger partial charge in [0.05, 0.1) is 12.2 Å². The van der Waals surface area contributed by atoms with Gasteiger partial charge in [-0.2, -0.15) is 0 Å². The molecule has 0 aromatic heterocycles. The van der Waals surface area contributed by atoms with Crippen molar-refractivity contribution in [3.63, 3.8) is 0 Å². The van der Waals surface area contributed by atoms with Gasteiger partial charge in [0.2, 0.25) is 0 Å². The van der Waals surface area contributed by atoms with Gasteiger partial charge in [-0.3, -0.25) is 0 Å². The number of aliphatic hydroxyl groups is 2. The third kappa shape index (κ3) is 13.3. The van der Waals surface area contributed by atoms with Crippen LogP contribution in [-0.4, -0.2) is 35.6 Å². The van der Waals surface area contributed by atoms with E-state index in [-0.39, 0.29) is 6.61 Å². The van der Waals surface area contributed by atoms with Gasteiger partial charge in [0, 0.05) is 13.2 Å². The monoisotopic (exact) mass is 302 g/mol. The van der Waals surface area contributed by atoms with Crippen LogP contribution in [0.4, 0.5) is 0 Å². The molecule has 0 radical (unpaired) electrons. The average molecular weight is 302 g/mol. The zero-order valence-corrected chi connectivity index (χ0v) is 14.4. The minimum atomic E-state index is -0.830. The van der Waals surface area contributed by atoms with Crippen molar-refractivity contribution in [2.75, 3.05) is 19.8 Å². The number of hydrogen-bond acceptors (Lipinski definition) is 3. The predicted molar refractivity (Wildman–Crippen MR) is 89.6 cm³/mol. The SMILES string of the molecule is CCCCCC(O)(CO)CCCCCCCCOCCC. The zero-order valence-electron chi connectivity index (χ0n) is 14.4. The number of hydrogen-bond donors (Lipinski definition) is 2. The van der Waals surface area contributed by atoms with E-state index in [1.807, 2.05) is 0 Å². The third-order valence-corrected chi connectivity index (χ3v) is 4.07. The Morgan fingerprint density at radius 1 is 0.714 bits per heavy atom. The highest BCUT2D eigenvalue weighted by Gasteiger charge is 2.24. The predicted octanol–water partition coefficient (Wildman–Crippen LogP) is 4.45. The molecular formula is C18H38O3. The van der Waals surface area contributed by atoms with Gasteiger partial charge in [-0.15, -0.1) is 0 Å². The molecule has 0 saturated carbocycles. The maximum Gasteiger partial charge on any atom is 0.0877 e. The van der Waals surface area contributed by atoms with Crippen LogP contribution in [0.3, 0.4) is 0 Å². The summed E-state index contributed by atoms with van der Waals surface area (Å²) in [6.45, 7) is 5.99. The Morgan fingerprint density at radius 2 is 1.29 bits per heavy atom. The summed E-state index contributed by atoms with van der Waals surface area (Å²) in [7, 11) is 0. The van der Waals surface area contributed by atoms with Crippen LogP contribution in [0.5, 0.6) is 0 Å². The van der Waals surface area contributed by atoms with Gasteiger partial charge in [-0.25, -0.2) is 0 Å². The second kappa shape index (κ2) is 14.8. The normalized spacial score (nSPS) is 14.3. The van der Waals surface area contributed by atoms with E-state index in [9.17, 15) is 10.2 Å². The summed E-state index contributed by atoms with van der Waals surface area (Å²) in [6.07, 6.45) is 13.0. The van der Waals surface area contributed by atoms with Gasteiger partial charge in [0.1, 0.15) is 0 Å². The van der Waals surface area contributed by atoms with Crippen LogP contribution in [0, 0.1) is 0 Å². The summed E-state index contributed by atoms with van der Waals surface area (Å²) in [5.74, 6) is 0. The smallest absolute Gasteiger partial charge is 0.0877 e. The summed E-state index contributed by atoms with van der Waals surface area (Å²) in [6, 6.07) is 0. The molecule has 0 rings (SSSR count). The molecule has 0 fully saturated rings. The Balaban J connectivity index is 3.42. The van der Waals surface area contributed by atoms with E-state index >= 15 is 0 Å². The molecule has 0 spiro atoms. The molecule has 3 heteroatoms. The first-order valence-electron chi connectivity index (χ1n) is 9.09. The van der Waals surface area contributed by atoms with E-state index in [1.165, 1.54) is 19.3 Å². The molecule has 0 amide bonds. The van der Waals surface area contributed by atoms with Crippen LogP contribution < -0.4 is 0 Å². The summed E-state index contributed by atoms with van der Waals surface area (Å²) in [5.41, 5.74) is -0.830. The summed E-state index contributed by atoms with van der Waals surface area (Å²) >= 11 is 0. The first-order valence-corrected chi connectivity index (χ1v) is 9.09. The molecular weight excluding hydrogens is 264 g/mol. The number of unbranched alkanes of at least 4 members (excludes halogenated alkanes) is 7. The van der Waals surface area contributed by atoms with Crippen molar-refractivity contribution in [1.29, 1.82) is 0 Å². The summed E-state index contributed by atoms with van der Waals surface area (Å²) in [5, 5.41) is 19.7. The lowest BCUT2D eigenvalue weighted by atomic mass is 9.91. The van der Waals surface area contributed by atoms with Crippen LogP contribution in [0.15, 0.2) is 0 Å². The Bertz CT molecular complexity index is 209. The van der Waals surface area contributed by atoms with Crippen molar-refractivity contribution in [2.45, 2.75) is 96.5 Å². The molecule has 3 nitrogen and oxygen atoms in total. The van der Waals surface area contributed by atoms with Gasteiger partial charge in [-0.05, 0) is 25.7 Å². The van der Waals surface area contributed by atoms with Crippen molar-refractivity contribution < 1.29 is 14.9 Å². The molecule has 1 atom stereocenters. The number of aliphatic hydroxyl groups excluding tert-OH is 1. The maximum absolute atomic E-state index is 10.3. The number of rotatable bonds is 16. The highest BCUT2D eigenvalue weighted by molar-refractivity contribution is 4.77. The van der Waals surface area contributed by atoms with Gasteiger partial charge in [-0.1, -0.05) is 65.2 Å². The van der Waals surface area contributed by atoms with Crippen LogP contribution in [0.2, 0.25) is 0 Å². The van der Waals surface area contributed by atoms with Gasteiger partial charge in [0.15, 0.2) is 0 Å². The van der Waals surface area contributed by atoms with E-state index in [1.54, 1.807) is 0 Å². The highest BCUT2D eigenvalue weighted by atomic mass is 16.5. The fraction of sp³-hybridized carbons (Fsp3) is 1.00. The van der Waals surface area contributed by atoms with Crippen LogP contribution >= 0.6 is 0 Å².